The maximum Gasteiger partial charge on any atom is 0.253 e. The number of pyridine rings is 1. The molecule has 2 aromatic heterocycles. The second-order valence-electron chi connectivity index (χ2n) is 6.82. The number of ether oxygens (including phenoxy) is 2. The van der Waals surface area contributed by atoms with Gasteiger partial charge in [-0.3, -0.25) is 14.7 Å². The van der Waals surface area contributed by atoms with Crippen molar-refractivity contribution in [2.24, 2.45) is 0 Å². The zero-order chi connectivity index (χ0) is 22.5. The molecule has 0 bridgehead atoms. The largest absolute Gasteiger partial charge is 0.493 e. The average Bonchev–Trinajstić information content (AvgIpc) is 3.27. The fourth-order valence-corrected chi connectivity index (χ4v) is 4.42. The molecule has 0 aliphatic rings. The number of aromatic nitrogens is 2. The van der Waals surface area contributed by atoms with Crippen LogP contribution in [0.25, 0.3) is 16.3 Å². The third kappa shape index (κ3) is 4.74. The smallest absolute Gasteiger partial charge is 0.253 e. The van der Waals surface area contributed by atoms with Crippen molar-refractivity contribution in [3.05, 3.63) is 83.2 Å². The minimum absolute atomic E-state index is 0.209. The van der Waals surface area contributed by atoms with Crippen LogP contribution in [0.1, 0.15) is 11.1 Å². The van der Waals surface area contributed by atoms with E-state index in [9.17, 15) is 4.79 Å². The van der Waals surface area contributed by atoms with E-state index in [4.69, 9.17) is 21.1 Å². The summed E-state index contributed by atoms with van der Waals surface area (Å²) in [6, 6.07) is 14.8. The minimum atomic E-state index is -0.209. The summed E-state index contributed by atoms with van der Waals surface area (Å²) in [6.45, 7) is 0.334. The van der Waals surface area contributed by atoms with Crippen LogP contribution < -0.4 is 14.4 Å². The Kier molecular flexibility index (Phi) is 6.68. The highest BCUT2D eigenvalue weighted by Gasteiger charge is 2.19. The van der Waals surface area contributed by atoms with Crippen molar-refractivity contribution in [2.45, 2.75) is 6.54 Å². The number of rotatable bonds is 7. The molecule has 2 heterocycles. The van der Waals surface area contributed by atoms with Crippen LogP contribution in [0.2, 0.25) is 5.02 Å². The van der Waals surface area contributed by atoms with Gasteiger partial charge in [-0.15, -0.1) is 0 Å². The van der Waals surface area contributed by atoms with Crippen LogP contribution in [0.15, 0.2) is 67.0 Å². The first-order valence-electron chi connectivity index (χ1n) is 9.74. The summed E-state index contributed by atoms with van der Waals surface area (Å²) in [4.78, 5) is 23.7. The fourth-order valence-electron chi connectivity index (χ4n) is 3.15. The Labute approximate surface area is 194 Å². The Hall–Kier alpha value is -3.42. The molecule has 0 fully saturated rings. The van der Waals surface area contributed by atoms with Gasteiger partial charge in [0.2, 0.25) is 0 Å². The predicted molar refractivity (Wildman–Crippen MR) is 129 cm³/mol. The summed E-state index contributed by atoms with van der Waals surface area (Å²) in [5.41, 5.74) is 2.39. The molecule has 162 valence electrons. The molecule has 0 atom stereocenters. The summed E-state index contributed by atoms with van der Waals surface area (Å²) in [5.74, 6) is 1.01. The molecule has 0 saturated heterocycles. The number of halogens is 1. The molecule has 0 aliphatic heterocycles. The molecule has 0 N–H and O–H groups in total. The van der Waals surface area contributed by atoms with E-state index < -0.39 is 0 Å². The van der Waals surface area contributed by atoms with Gasteiger partial charge in [-0.1, -0.05) is 41.1 Å². The van der Waals surface area contributed by atoms with Crippen molar-refractivity contribution in [3.63, 3.8) is 0 Å². The topological polar surface area (TPSA) is 64.5 Å². The van der Waals surface area contributed by atoms with Gasteiger partial charge in [0.25, 0.3) is 5.91 Å². The van der Waals surface area contributed by atoms with Crippen molar-refractivity contribution < 1.29 is 14.3 Å². The maximum atomic E-state index is 13.3. The highest BCUT2D eigenvalue weighted by atomic mass is 35.5. The predicted octanol–water partition coefficient (Wildman–Crippen LogP) is 5.61. The molecule has 6 nitrogen and oxygen atoms in total. The second kappa shape index (κ2) is 9.80. The Morgan fingerprint density at radius 3 is 2.69 bits per heavy atom. The summed E-state index contributed by atoms with van der Waals surface area (Å²) in [6.07, 6.45) is 6.69. The Morgan fingerprint density at radius 1 is 1.12 bits per heavy atom. The lowest BCUT2D eigenvalue weighted by Gasteiger charge is -2.18. The van der Waals surface area contributed by atoms with E-state index >= 15 is 0 Å². The number of anilines is 1. The first kappa shape index (κ1) is 21.8. The molecule has 8 heteroatoms. The highest BCUT2D eigenvalue weighted by molar-refractivity contribution is 7.22. The molecule has 1 amide bonds. The lowest BCUT2D eigenvalue weighted by atomic mass is 10.2. The number of para-hydroxylation sites is 1. The number of carbonyl (C=O) groups excluding carboxylic acids is 1. The number of carbonyl (C=O) groups is 1. The quantitative estimate of drug-likeness (QED) is 0.332. The molecule has 4 aromatic rings. The zero-order valence-corrected chi connectivity index (χ0v) is 19.1. The lowest BCUT2D eigenvalue weighted by molar-refractivity contribution is -0.114. The zero-order valence-electron chi connectivity index (χ0n) is 17.5. The molecule has 2 aromatic carbocycles. The summed E-state index contributed by atoms with van der Waals surface area (Å²) in [5, 5.41) is 1.12. The number of hydrogen-bond acceptors (Lipinski definition) is 6. The molecular formula is C24H20ClN3O3S. The van der Waals surface area contributed by atoms with Gasteiger partial charge >= 0.3 is 0 Å². The van der Waals surface area contributed by atoms with Gasteiger partial charge in [0.1, 0.15) is 5.52 Å². The van der Waals surface area contributed by atoms with Crippen LogP contribution >= 0.6 is 22.9 Å². The third-order valence-corrected chi connectivity index (χ3v) is 6.09. The molecule has 0 spiro atoms. The van der Waals surface area contributed by atoms with Gasteiger partial charge in [-0.2, -0.15) is 0 Å². The number of thiazole rings is 1. The fraction of sp³-hybridized carbons (Fsp3) is 0.125. The van der Waals surface area contributed by atoms with E-state index in [0.717, 1.165) is 15.8 Å². The maximum absolute atomic E-state index is 13.3. The first-order valence-corrected chi connectivity index (χ1v) is 10.9. The van der Waals surface area contributed by atoms with Crippen molar-refractivity contribution in [2.75, 3.05) is 19.1 Å². The van der Waals surface area contributed by atoms with Crippen LogP contribution in [-0.2, 0) is 11.3 Å². The molecule has 0 saturated carbocycles. The van der Waals surface area contributed by atoms with E-state index in [-0.39, 0.29) is 5.91 Å². The van der Waals surface area contributed by atoms with Crippen molar-refractivity contribution >= 4 is 50.3 Å². The van der Waals surface area contributed by atoms with Gasteiger partial charge in [0.15, 0.2) is 16.6 Å². The SMILES string of the molecule is COc1ccc(/C=C/C(=O)N(Cc2cccnc2)c2nc3c(Cl)cccc3s2)cc1OC. The average molecular weight is 466 g/mol. The molecule has 0 radical (unpaired) electrons. The van der Waals surface area contributed by atoms with Gasteiger partial charge in [-0.25, -0.2) is 4.98 Å². The van der Waals surface area contributed by atoms with Crippen molar-refractivity contribution in [1.29, 1.82) is 0 Å². The van der Waals surface area contributed by atoms with E-state index in [2.05, 4.69) is 9.97 Å². The highest BCUT2D eigenvalue weighted by Crippen LogP contribution is 2.34. The first-order chi connectivity index (χ1) is 15.6. The monoisotopic (exact) mass is 465 g/mol. The summed E-state index contributed by atoms with van der Waals surface area (Å²) >= 11 is 7.72. The standard InChI is InChI=1S/C24H20ClN3O3S/c1-30-19-10-8-16(13-20(19)31-2)9-11-22(29)28(15-17-5-4-12-26-14-17)24-27-23-18(25)6-3-7-21(23)32-24/h3-14H,15H2,1-2H3/b11-9+. The van der Waals surface area contributed by atoms with Crippen LogP contribution in [0.4, 0.5) is 5.13 Å². The van der Waals surface area contributed by atoms with Crippen LogP contribution in [0.3, 0.4) is 0 Å². The van der Waals surface area contributed by atoms with Crippen LogP contribution in [0, 0.1) is 0 Å². The van der Waals surface area contributed by atoms with Gasteiger partial charge in [0, 0.05) is 18.5 Å². The normalized spacial score (nSPS) is 11.1. The summed E-state index contributed by atoms with van der Waals surface area (Å²) in [7, 11) is 3.15. The van der Waals surface area contributed by atoms with Crippen LogP contribution in [0.5, 0.6) is 11.5 Å². The molecule has 0 unspecified atom stereocenters. The van der Waals surface area contributed by atoms with Crippen LogP contribution in [-0.4, -0.2) is 30.1 Å². The van der Waals surface area contributed by atoms with Gasteiger partial charge < -0.3 is 9.47 Å². The van der Waals surface area contributed by atoms with E-state index in [1.165, 1.54) is 17.4 Å². The number of benzene rings is 2. The molecule has 32 heavy (non-hydrogen) atoms. The second-order valence-corrected chi connectivity index (χ2v) is 8.23. The van der Waals surface area contributed by atoms with E-state index in [0.29, 0.717) is 33.7 Å². The number of methoxy groups -OCH3 is 2. The number of hydrogen-bond donors (Lipinski definition) is 0. The number of fused-ring (bicyclic) bond motifs is 1. The third-order valence-electron chi connectivity index (χ3n) is 4.74. The Balaban J connectivity index is 1.66. The summed E-state index contributed by atoms with van der Waals surface area (Å²) < 4.78 is 11.5. The Bertz CT molecular complexity index is 1270. The van der Waals surface area contributed by atoms with Gasteiger partial charge in [0.05, 0.1) is 30.5 Å². The number of amides is 1. The Morgan fingerprint density at radius 2 is 1.97 bits per heavy atom. The lowest BCUT2D eigenvalue weighted by Crippen LogP contribution is -2.28. The van der Waals surface area contributed by atoms with Crippen molar-refractivity contribution in [1.82, 2.24) is 9.97 Å². The molecule has 0 aliphatic carbocycles. The molecular weight excluding hydrogens is 446 g/mol. The van der Waals surface area contributed by atoms with E-state index in [1.54, 1.807) is 49.7 Å². The molecule has 4 rings (SSSR count). The van der Waals surface area contributed by atoms with Crippen molar-refractivity contribution in [3.8, 4) is 11.5 Å². The minimum Gasteiger partial charge on any atom is -0.493 e. The number of nitrogens with zero attached hydrogens (tertiary/aromatic N) is 3. The van der Waals surface area contributed by atoms with Gasteiger partial charge in [-0.05, 0) is 47.5 Å². The van der Waals surface area contributed by atoms with E-state index in [1.807, 2.05) is 36.4 Å².